The van der Waals surface area contributed by atoms with Crippen molar-refractivity contribution in [3.63, 3.8) is 0 Å². The monoisotopic (exact) mass is 897 g/mol. The lowest BCUT2D eigenvalue weighted by atomic mass is 9.85. The Hall–Kier alpha value is -6.90. The fourth-order valence-electron chi connectivity index (χ4n) is 11.5. The van der Waals surface area contributed by atoms with Crippen LogP contribution in [0.1, 0.15) is 128 Å². The van der Waals surface area contributed by atoms with E-state index in [-0.39, 0.29) is 27.6 Å². The molecule has 2 aromatic heterocycles. The maximum Gasteiger partial charge on any atom is 0.0541 e. The van der Waals surface area contributed by atoms with Crippen molar-refractivity contribution in [3.05, 3.63) is 203 Å². The Labute approximate surface area is 408 Å². The van der Waals surface area contributed by atoms with Gasteiger partial charge in [-0.1, -0.05) is 162 Å². The molecule has 2 heterocycles. The molecular formula is C67H64N2. The molecular weight excluding hydrogens is 833 g/mol. The summed E-state index contributed by atoms with van der Waals surface area (Å²) in [6.45, 7) is 27.8. The molecule has 1 aliphatic carbocycles. The van der Waals surface area contributed by atoms with Gasteiger partial charge in [0.25, 0.3) is 0 Å². The first kappa shape index (κ1) is 43.4. The number of hydrogen-bond acceptors (Lipinski definition) is 0. The van der Waals surface area contributed by atoms with E-state index in [1.165, 1.54) is 127 Å². The van der Waals surface area contributed by atoms with Crippen molar-refractivity contribution in [2.24, 2.45) is 0 Å². The van der Waals surface area contributed by atoms with Gasteiger partial charge in [0.05, 0.1) is 22.1 Å². The van der Waals surface area contributed by atoms with Crippen LogP contribution >= 0.6 is 0 Å². The van der Waals surface area contributed by atoms with Crippen LogP contribution in [0.5, 0.6) is 0 Å². The van der Waals surface area contributed by atoms with Crippen LogP contribution in [0.4, 0.5) is 0 Å². The van der Waals surface area contributed by atoms with Crippen LogP contribution in [-0.4, -0.2) is 9.13 Å². The minimum Gasteiger partial charge on any atom is -0.309 e. The minimum atomic E-state index is 0.0203. The van der Waals surface area contributed by atoms with Crippen molar-refractivity contribution in [2.45, 2.75) is 111 Å². The summed E-state index contributed by atoms with van der Waals surface area (Å²) >= 11 is 0. The third-order valence-electron chi connectivity index (χ3n) is 15.6. The summed E-state index contributed by atoms with van der Waals surface area (Å²) in [5.41, 5.74) is 19.5. The van der Waals surface area contributed by atoms with Crippen LogP contribution in [0, 0.1) is 0 Å². The van der Waals surface area contributed by atoms with E-state index < -0.39 is 0 Å². The highest BCUT2D eigenvalue weighted by Crippen LogP contribution is 2.51. The maximum atomic E-state index is 2.53. The van der Waals surface area contributed by atoms with E-state index in [1.807, 2.05) is 0 Å². The average Bonchev–Trinajstić information content (AvgIpc) is 3.93. The molecule has 0 fully saturated rings. The minimum absolute atomic E-state index is 0.0203. The maximum absolute atomic E-state index is 2.53. The molecule has 0 atom stereocenters. The van der Waals surface area contributed by atoms with Crippen LogP contribution < -0.4 is 0 Å². The van der Waals surface area contributed by atoms with Gasteiger partial charge in [-0.3, -0.25) is 0 Å². The van der Waals surface area contributed by atoms with Gasteiger partial charge in [0, 0.05) is 38.8 Å². The van der Waals surface area contributed by atoms with Crippen LogP contribution in [0.25, 0.3) is 87.7 Å². The van der Waals surface area contributed by atoms with Crippen molar-refractivity contribution in [1.82, 2.24) is 9.13 Å². The summed E-state index contributed by atoms with van der Waals surface area (Å²) in [5.74, 6) is 0.0203. The highest BCUT2D eigenvalue weighted by atomic mass is 15.0. The number of fused-ring (bicyclic) bond motifs is 11. The summed E-state index contributed by atoms with van der Waals surface area (Å²) in [6, 6.07) is 63.9. The normalized spacial score (nSPS) is 13.7. The van der Waals surface area contributed by atoms with E-state index in [4.69, 9.17) is 0 Å². The van der Waals surface area contributed by atoms with Crippen LogP contribution in [0.3, 0.4) is 0 Å². The zero-order valence-corrected chi connectivity index (χ0v) is 42.6. The first-order chi connectivity index (χ1) is 32.7. The summed E-state index contributed by atoms with van der Waals surface area (Å²) in [4.78, 5) is 0. The van der Waals surface area contributed by atoms with Gasteiger partial charge < -0.3 is 9.13 Å². The Kier molecular flexibility index (Phi) is 9.31. The van der Waals surface area contributed by atoms with E-state index in [0.29, 0.717) is 0 Å². The fourth-order valence-corrected chi connectivity index (χ4v) is 11.5. The molecule has 11 aromatic rings. The highest BCUT2D eigenvalue weighted by Gasteiger charge is 2.33. The number of hydrogen-bond donors (Lipinski definition) is 0. The van der Waals surface area contributed by atoms with Gasteiger partial charge in [-0.15, -0.1) is 0 Å². The molecule has 2 nitrogen and oxygen atoms in total. The predicted molar refractivity (Wildman–Crippen MR) is 298 cm³/mol. The second-order valence-corrected chi connectivity index (χ2v) is 24.4. The molecule has 12 rings (SSSR count). The average molecular weight is 897 g/mol. The van der Waals surface area contributed by atoms with Gasteiger partial charge in [0.15, 0.2) is 0 Å². The third kappa shape index (κ3) is 6.96. The number of aromatic nitrogens is 2. The molecule has 0 saturated heterocycles. The molecule has 342 valence electrons. The van der Waals surface area contributed by atoms with Crippen LogP contribution in [-0.2, 0) is 21.7 Å². The Morgan fingerprint density at radius 1 is 0.304 bits per heavy atom. The van der Waals surface area contributed by atoms with Gasteiger partial charge in [0.1, 0.15) is 0 Å². The summed E-state index contributed by atoms with van der Waals surface area (Å²) in [7, 11) is 0. The van der Waals surface area contributed by atoms with Gasteiger partial charge in [-0.25, -0.2) is 0 Å². The van der Waals surface area contributed by atoms with Gasteiger partial charge in [0.2, 0.25) is 0 Å². The zero-order chi connectivity index (χ0) is 48.1. The van der Waals surface area contributed by atoms with E-state index in [9.17, 15) is 0 Å². The van der Waals surface area contributed by atoms with Crippen LogP contribution in [0.2, 0.25) is 0 Å². The lowest BCUT2D eigenvalue weighted by molar-refractivity contribution is 0.590. The standard InChI is InChI=1S/C67H64N2/c1-64(2,3)45-19-27-59-53(34-45)54-35-46(65(4,5)6)20-28-60(54)68(59)49-23-25-51-52-26-24-50(69-61-29-21-47(66(7,8)9)36-55(61)56-37-48(67(10,11)12)22-30-62(56)69)39-58(52)63(57(51)38-49)43-18-17-42-31-40-15-13-14-16-41(40)32-44(42)33-43/h13-39,63H,1-12H3. The van der Waals surface area contributed by atoms with Crippen molar-refractivity contribution in [2.75, 3.05) is 0 Å². The molecule has 0 amide bonds. The topological polar surface area (TPSA) is 9.86 Å². The largest absolute Gasteiger partial charge is 0.309 e. The van der Waals surface area contributed by atoms with Gasteiger partial charge >= 0.3 is 0 Å². The Balaban J connectivity index is 1.10. The highest BCUT2D eigenvalue weighted by molar-refractivity contribution is 6.11. The summed E-state index contributed by atoms with van der Waals surface area (Å²) in [6.07, 6.45) is 0. The fraction of sp³-hybridized carbons (Fsp3) is 0.254. The summed E-state index contributed by atoms with van der Waals surface area (Å²) in [5, 5.41) is 10.3. The number of benzene rings is 9. The quantitative estimate of drug-likeness (QED) is 0.156. The van der Waals surface area contributed by atoms with E-state index >= 15 is 0 Å². The van der Waals surface area contributed by atoms with Gasteiger partial charge in [-0.05, 0) is 178 Å². The molecule has 0 bridgehead atoms. The lowest BCUT2D eigenvalue weighted by Crippen LogP contribution is -2.10. The molecule has 0 N–H and O–H groups in total. The Bertz CT molecular complexity index is 3590. The number of rotatable bonds is 3. The molecule has 0 saturated carbocycles. The van der Waals surface area contributed by atoms with E-state index in [1.54, 1.807) is 0 Å². The Morgan fingerprint density at radius 2 is 0.652 bits per heavy atom. The molecule has 0 unspecified atom stereocenters. The van der Waals surface area contributed by atoms with Crippen molar-refractivity contribution in [1.29, 1.82) is 0 Å². The van der Waals surface area contributed by atoms with Crippen molar-refractivity contribution >= 4 is 65.2 Å². The molecule has 1 aliphatic rings. The second-order valence-electron chi connectivity index (χ2n) is 24.4. The number of nitrogens with zero attached hydrogens (tertiary/aromatic N) is 2. The summed E-state index contributed by atoms with van der Waals surface area (Å²) < 4.78 is 5.05. The lowest BCUT2D eigenvalue weighted by Gasteiger charge is -2.20. The van der Waals surface area contributed by atoms with E-state index in [0.717, 1.165) is 0 Å². The SMILES string of the molecule is CC(C)(C)c1ccc2c(c1)c1cc(C(C)(C)C)ccc1n2-c1ccc2c(c1)C(c1ccc3cc4ccccc4cc3c1)c1cc(-n3c4ccc(C(C)(C)C)cc4c4cc(C(C)(C)C)ccc43)ccc1-2. The molecule has 0 spiro atoms. The first-order valence-corrected chi connectivity index (χ1v) is 25.1. The smallest absolute Gasteiger partial charge is 0.0541 e. The van der Waals surface area contributed by atoms with Crippen molar-refractivity contribution in [3.8, 4) is 22.5 Å². The molecule has 0 radical (unpaired) electrons. The van der Waals surface area contributed by atoms with Gasteiger partial charge in [-0.2, -0.15) is 0 Å². The third-order valence-corrected chi connectivity index (χ3v) is 15.6. The Morgan fingerprint density at radius 3 is 1.01 bits per heavy atom. The zero-order valence-electron chi connectivity index (χ0n) is 42.6. The molecule has 2 heteroatoms. The molecule has 0 aliphatic heterocycles. The second kappa shape index (κ2) is 14.8. The molecule has 9 aromatic carbocycles. The van der Waals surface area contributed by atoms with Crippen LogP contribution in [0.15, 0.2) is 164 Å². The molecule has 69 heavy (non-hydrogen) atoms. The van der Waals surface area contributed by atoms with Crippen molar-refractivity contribution < 1.29 is 0 Å². The first-order valence-electron chi connectivity index (χ1n) is 25.1. The van der Waals surface area contributed by atoms with E-state index in [2.05, 4.69) is 256 Å². The predicted octanol–water partition coefficient (Wildman–Crippen LogP) is 18.5.